The van der Waals surface area contributed by atoms with Crippen LogP contribution in [0.25, 0.3) is 0 Å². The SMILES string of the molecule is CCNOCCCCCC(CCCCC(=O)ON1C(=O)CCC1=O)NC(=O)CI. The molecule has 1 aliphatic heterocycles. The van der Waals surface area contributed by atoms with Crippen molar-refractivity contribution in [1.82, 2.24) is 15.9 Å². The average molecular weight is 525 g/mol. The maximum Gasteiger partial charge on any atom is 0.333 e. The topological polar surface area (TPSA) is 114 Å². The zero-order chi connectivity index (χ0) is 21.5. The number of imide groups is 1. The largest absolute Gasteiger partial charge is 0.353 e. The first-order chi connectivity index (χ1) is 14.0. The van der Waals surface area contributed by atoms with Gasteiger partial charge in [0.15, 0.2) is 0 Å². The maximum absolute atomic E-state index is 11.8. The first kappa shape index (κ1) is 25.8. The highest BCUT2D eigenvalue weighted by atomic mass is 127. The van der Waals surface area contributed by atoms with Crippen LogP contribution in [0, 0.1) is 0 Å². The number of rotatable bonds is 16. The number of carbonyl (C=O) groups is 4. The van der Waals surface area contributed by atoms with Gasteiger partial charge >= 0.3 is 5.97 Å². The number of hydroxylamine groups is 3. The Morgan fingerprint density at radius 2 is 1.72 bits per heavy atom. The van der Waals surface area contributed by atoms with Crippen molar-refractivity contribution in [3.63, 3.8) is 0 Å². The summed E-state index contributed by atoms with van der Waals surface area (Å²) in [5.74, 6) is -1.51. The van der Waals surface area contributed by atoms with Gasteiger partial charge in [-0.15, -0.1) is 5.06 Å². The molecule has 0 saturated carbocycles. The van der Waals surface area contributed by atoms with Gasteiger partial charge in [0.1, 0.15) is 0 Å². The molecule has 1 unspecified atom stereocenters. The third-order valence-electron chi connectivity index (χ3n) is 4.41. The molecule has 1 heterocycles. The Bertz CT molecular complexity index is 530. The molecule has 166 valence electrons. The van der Waals surface area contributed by atoms with Crippen LogP contribution in [0.4, 0.5) is 0 Å². The second-order valence-corrected chi connectivity index (χ2v) is 7.65. The van der Waals surface area contributed by atoms with Gasteiger partial charge in [0.2, 0.25) is 5.91 Å². The third kappa shape index (κ3) is 11.5. The first-order valence-electron chi connectivity index (χ1n) is 10.2. The van der Waals surface area contributed by atoms with Gasteiger partial charge in [-0.3, -0.25) is 14.4 Å². The zero-order valence-electron chi connectivity index (χ0n) is 17.0. The number of halogens is 1. The van der Waals surface area contributed by atoms with E-state index in [4.69, 9.17) is 9.68 Å². The molecule has 3 amide bonds. The van der Waals surface area contributed by atoms with E-state index in [2.05, 4.69) is 10.8 Å². The highest BCUT2D eigenvalue weighted by Gasteiger charge is 2.32. The van der Waals surface area contributed by atoms with E-state index in [0.717, 1.165) is 45.1 Å². The molecule has 1 saturated heterocycles. The van der Waals surface area contributed by atoms with Crippen LogP contribution in [0.3, 0.4) is 0 Å². The quantitative estimate of drug-likeness (QED) is 0.104. The van der Waals surface area contributed by atoms with E-state index < -0.39 is 17.8 Å². The van der Waals surface area contributed by atoms with Crippen molar-refractivity contribution < 1.29 is 28.9 Å². The van der Waals surface area contributed by atoms with E-state index >= 15 is 0 Å². The molecular weight excluding hydrogens is 493 g/mol. The van der Waals surface area contributed by atoms with Gasteiger partial charge in [-0.25, -0.2) is 10.3 Å². The highest BCUT2D eigenvalue weighted by Crippen LogP contribution is 2.15. The predicted molar refractivity (Wildman–Crippen MR) is 115 cm³/mol. The molecule has 1 fully saturated rings. The minimum atomic E-state index is -0.581. The summed E-state index contributed by atoms with van der Waals surface area (Å²) in [6.45, 7) is 3.43. The van der Waals surface area contributed by atoms with Gasteiger partial charge in [0.25, 0.3) is 11.8 Å². The average Bonchev–Trinajstić information content (AvgIpc) is 3.02. The summed E-state index contributed by atoms with van der Waals surface area (Å²) in [7, 11) is 0. The Balaban J connectivity index is 2.23. The number of amides is 3. The van der Waals surface area contributed by atoms with Crippen molar-refractivity contribution in [3.05, 3.63) is 0 Å². The molecule has 0 spiro atoms. The van der Waals surface area contributed by atoms with E-state index in [1.54, 1.807) is 0 Å². The van der Waals surface area contributed by atoms with Gasteiger partial charge in [-0.1, -0.05) is 48.8 Å². The van der Waals surface area contributed by atoms with E-state index in [-0.39, 0.29) is 31.2 Å². The molecule has 1 atom stereocenters. The molecule has 0 radical (unpaired) electrons. The smallest absolute Gasteiger partial charge is 0.333 e. The fourth-order valence-electron chi connectivity index (χ4n) is 2.94. The van der Waals surface area contributed by atoms with Gasteiger partial charge < -0.3 is 15.0 Å². The van der Waals surface area contributed by atoms with Crippen molar-refractivity contribution in [3.8, 4) is 0 Å². The van der Waals surface area contributed by atoms with Crippen LogP contribution in [0.2, 0.25) is 0 Å². The van der Waals surface area contributed by atoms with E-state index in [1.165, 1.54) is 0 Å². The number of nitrogens with one attached hydrogen (secondary N) is 2. The second-order valence-electron chi connectivity index (χ2n) is 6.88. The molecule has 1 rings (SSSR count). The lowest BCUT2D eigenvalue weighted by atomic mass is 10.0. The third-order valence-corrected chi connectivity index (χ3v) is 5.11. The summed E-state index contributed by atoms with van der Waals surface area (Å²) < 4.78 is 0.412. The summed E-state index contributed by atoms with van der Waals surface area (Å²) in [5, 5.41) is 3.61. The monoisotopic (exact) mass is 525 g/mol. The number of hydrogen-bond donors (Lipinski definition) is 2. The Labute approximate surface area is 185 Å². The highest BCUT2D eigenvalue weighted by molar-refractivity contribution is 14.1. The molecule has 9 nitrogen and oxygen atoms in total. The van der Waals surface area contributed by atoms with Crippen molar-refractivity contribution in [2.24, 2.45) is 0 Å². The van der Waals surface area contributed by atoms with Crippen LogP contribution in [0.1, 0.15) is 71.1 Å². The molecule has 0 aromatic carbocycles. The Kier molecular flexibility index (Phi) is 13.8. The zero-order valence-corrected chi connectivity index (χ0v) is 19.2. The minimum Gasteiger partial charge on any atom is -0.353 e. The summed E-state index contributed by atoms with van der Waals surface area (Å²) in [6.07, 6.45) is 6.24. The maximum atomic E-state index is 11.8. The van der Waals surface area contributed by atoms with Gasteiger partial charge in [0, 0.05) is 31.8 Å². The summed E-state index contributed by atoms with van der Waals surface area (Å²) in [4.78, 5) is 56.5. The lowest BCUT2D eigenvalue weighted by Crippen LogP contribution is -2.35. The van der Waals surface area contributed by atoms with Crippen LogP contribution in [0.5, 0.6) is 0 Å². The van der Waals surface area contributed by atoms with Gasteiger partial charge in [0.05, 0.1) is 11.0 Å². The normalized spacial score (nSPS) is 14.9. The van der Waals surface area contributed by atoms with Crippen LogP contribution < -0.4 is 10.8 Å². The predicted octanol–water partition coefficient (Wildman–Crippen LogP) is 2.18. The van der Waals surface area contributed by atoms with Crippen molar-refractivity contribution in [2.45, 2.75) is 77.2 Å². The van der Waals surface area contributed by atoms with Gasteiger partial charge in [-0.2, -0.15) is 0 Å². The Morgan fingerprint density at radius 3 is 2.34 bits per heavy atom. The van der Waals surface area contributed by atoms with Crippen molar-refractivity contribution >= 4 is 46.3 Å². The van der Waals surface area contributed by atoms with Crippen LogP contribution in [0.15, 0.2) is 0 Å². The standard InChI is InChI=1S/C19H32IN3O6/c1-2-21-28-13-7-3-4-8-15(22-16(24)14-20)9-5-6-10-19(27)29-23-17(25)11-12-18(23)26/h15,21H,2-14H2,1H3,(H,22,24). The van der Waals surface area contributed by atoms with Crippen molar-refractivity contribution in [2.75, 3.05) is 17.6 Å². The summed E-state index contributed by atoms with van der Waals surface area (Å²) in [6, 6.07) is 0.0738. The molecule has 2 N–H and O–H groups in total. The lowest BCUT2D eigenvalue weighted by Gasteiger charge is -2.18. The van der Waals surface area contributed by atoms with Crippen LogP contribution in [-0.2, 0) is 28.9 Å². The number of unbranched alkanes of at least 4 members (excludes halogenated alkanes) is 3. The van der Waals surface area contributed by atoms with E-state index in [1.807, 2.05) is 29.5 Å². The fourth-order valence-corrected chi connectivity index (χ4v) is 3.16. The second kappa shape index (κ2) is 15.6. The van der Waals surface area contributed by atoms with Crippen LogP contribution >= 0.6 is 22.6 Å². The van der Waals surface area contributed by atoms with E-state index in [9.17, 15) is 19.2 Å². The number of hydrogen-bond acceptors (Lipinski definition) is 7. The van der Waals surface area contributed by atoms with Gasteiger partial charge in [-0.05, 0) is 25.7 Å². The molecule has 0 aliphatic carbocycles. The molecule has 0 aromatic heterocycles. The molecular formula is C19H32IN3O6. The molecule has 0 bridgehead atoms. The molecule has 10 heteroatoms. The first-order valence-corrected chi connectivity index (χ1v) is 11.8. The molecule has 29 heavy (non-hydrogen) atoms. The number of alkyl halides is 1. The number of carbonyl (C=O) groups excluding carboxylic acids is 4. The molecule has 1 aliphatic rings. The van der Waals surface area contributed by atoms with Crippen LogP contribution in [-0.4, -0.2) is 52.4 Å². The Morgan fingerprint density at radius 1 is 1.07 bits per heavy atom. The summed E-state index contributed by atoms with van der Waals surface area (Å²) in [5.41, 5.74) is 2.82. The Hall–Kier alpha value is -1.27. The van der Waals surface area contributed by atoms with Crippen molar-refractivity contribution in [1.29, 1.82) is 0 Å². The minimum absolute atomic E-state index is 0.0107. The number of nitrogens with zero attached hydrogens (tertiary/aromatic N) is 1. The fraction of sp³-hybridized carbons (Fsp3) is 0.789. The lowest BCUT2D eigenvalue weighted by molar-refractivity contribution is -0.197. The van der Waals surface area contributed by atoms with E-state index in [0.29, 0.717) is 22.5 Å². The summed E-state index contributed by atoms with van der Waals surface area (Å²) >= 11 is 2.03. The molecule has 0 aromatic rings.